The van der Waals surface area contributed by atoms with Gasteiger partial charge in [-0.1, -0.05) is 24.3 Å². The zero-order chi connectivity index (χ0) is 21.4. The Balaban J connectivity index is 2.05. The molecule has 2 heterocycles. The molecule has 3 aromatic rings. The van der Waals surface area contributed by atoms with Crippen molar-refractivity contribution in [1.82, 2.24) is 4.57 Å². The van der Waals surface area contributed by atoms with Gasteiger partial charge in [0, 0.05) is 0 Å². The predicted molar refractivity (Wildman–Crippen MR) is 108 cm³/mol. The van der Waals surface area contributed by atoms with Gasteiger partial charge < -0.3 is 5.73 Å². The molecule has 0 bridgehead atoms. The van der Waals surface area contributed by atoms with Gasteiger partial charge in [0.25, 0.3) is 5.56 Å². The van der Waals surface area contributed by atoms with Gasteiger partial charge in [0.05, 0.1) is 21.9 Å². The van der Waals surface area contributed by atoms with Crippen LogP contribution in [0.2, 0.25) is 0 Å². The van der Waals surface area contributed by atoms with Gasteiger partial charge >= 0.3 is 0 Å². The highest BCUT2D eigenvalue weighted by Crippen LogP contribution is 2.30. The average Bonchev–Trinajstić information content (AvgIpc) is 3.05. The van der Waals surface area contributed by atoms with E-state index in [1.54, 1.807) is 6.08 Å². The number of hydrogen-bond donors (Lipinski definition) is 1. The molecule has 0 saturated carbocycles. The first-order valence-electron chi connectivity index (χ1n) is 8.73. The number of hydrogen-bond acceptors (Lipinski definition) is 5. The van der Waals surface area contributed by atoms with E-state index in [0.29, 0.717) is 20.3 Å². The van der Waals surface area contributed by atoms with E-state index in [9.17, 15) is 24.1 Å². The lowest BCUT2D eigenvalue weighted by molar-refractivity contribution is 0.614. The SMILES string of the molecule is N#CC1=C(N)C(C#N)=c2sc(=Cc3ccc(F)cc3)c(=O)n2C1c1ccc(F)cc1. The predicted octanol–water partition coefficient (Wildman–Crippen LogP) is 2.03. The number of nitriles is 2. The third-order valence-corrected chi connectivity index (χ3v) is 5.85. The fourth-order valence-corrected chi connectivity index (χ4v) is 4.47. The molecule has 0 radical (unpaired) electrons. The quantitative estimate of drug-likeness (QED) is 0.689. The Labute approximate surface area is 173 Å². The summed E-state index contributed by atoms with van der Waals surface area (Å²) in [7, 11) is 0. The van der Waals surface area contributed by atoms with Crippen LogP contribution in [0.3, 0.4) is 0 Å². The standard InChI is InChI=1S/C22H12F2N4OS/c23-14-5-1-12(2-6-14)9-18-21(29)28-20(13-3-7-15(24)8-4-13)16(10-25)19(27)17(11-26)22(28)30-18/h1-9,20H,27H2. The van der Waals surface area contributed by atoms with E-state index < -0.39 is 23.2 Å². The summed E-state index contributed by atoms with van der Waals surface area (Å²) in [6.07, 6.45) is 1.58. The second kappa shape index (κ2) is 7.43. The Morgan fingerprint density at radius 1 is 1.00 bits per heavy atom. The van der Waals surface area contributed by atoms with Gasteiger partial charge in [0.2, 0.25) is 0 Å². The Morgan fingerprint density at radius 2 is 1.60 bits per heavy atom. The Hall–Kier alpha value is -4.01. The normalized spacial score (nSPS) is 16.2. The van der Waals surface area contributed by atoms with Crippen molar-refractivity contribution < 1.29 is 8.78 Å². The molecule has 30 heavy (non-hydrogen) atoms. The van der Waals surface area contributed by atoms with E-state index in [4.69, 9.17) is 5.73 Å². The molecule has 4 rings (SSSR count). The van der Waals surface area contributed by atoms with Crippen LogP contribution in [0, 0.1) is 34.3 Å². The van der Waals surface area contributed by atoms with Crippen molar-refractivity contribution in [2.24, 2.45) is 5.73 Å². The first kappa shape index (κ1) is 19.3. The van der Waals surface area contributed by atoms with Gasteiger partial charge in [-0.2, -0.15) is 10.5 Å². The second-order valence-electron chi connectivity index (χ2n) is 6.52. The monoisotopic (exact) mass is 418 g/mol. The highest BCUT2D eigenvalue weighted by Gasteiger charge is 2.31. The van der Waals surface area contributed by atoms with E-state index in [-0.39, 0.29) is 16.8 Å². The molecule has 2 N–H and O–H groups in total. The van der Waals surface area contributed by atoms with E-state index in [0.717, 1.165) is 11.3 Å². The Bertz CT molecular complexity index is 1450. The maximum atomic E-state index is 13.4. The van der Waals surface area contributed by atoms with Crippen LogP contribution in [0.1, 0.15) is 17.2 Å². The zero-order valence-corrected chi connectivity index (χ0v) is 16.1. The summed E-state index contributed by atoms with van der Waals surface area (Å²) in [5, 5.41) is 19.3. The minimum Gasteiger partial charge on any atom is -0.397 e. The Morgan fingerprint density at radius 3 is 2.17 bits per heavy atom. The van der Waals surface area contributed by atoms with Crippen molar-refractivity contribution >= 4 is 23.0 Å². The molecule has 2 aromatic carbocycles. The third kappa shape index (κ3) is 3.10. The highest BCUT2D eigenvalue weighted by atomic mass is 32.1. The lowest BCUT2D eigenvalue weighted by Crippen LogP contribution is -2.40. The molecule has 1 atom stereocenters. The summed E-state index contributed by atoms with van der Waals surface area (Å²) >= 11 is 1.06. The van der Waals surface area contributed by atoms with E-state index in [1.165, 1.54) is 53.1 Å². The van der Waals surface area contributed by atoms with Crippen LogP contribution in [0.25, 0.3) is 11.6 Å². The molecular formula is C22H12F2N4OS. The van der Waals surface area contributed by atoms with Crippen LogP contribution in [0.15, 0.2) is 64.6 Å². The van der Waals surface area contributed by atoms with E-state index in [1.807, 2.05) is 12.1 Å². The smallest absolute Gasteiger partial charge is 0.269 e. The lowest BCUT2D eigenvalue weighted by atomic mass is 9.93. The van der Waals surface area contributed by atoms with Crippen molar-refractivity contribution in [3.8, 4) is 12.1 Å². The van der Waals surface area contributed by atoms with Gasteiger partial charge in [0.1, 0.15) is 34.0 Å². The number of allylic oxidation sites excluding steroid dienone is 2. The van der Waals surface area contributed by atoms with Crippen LogP contribution < -0.4 is 20.5 Å². The number of nitrogens with zero attached hydrogens (tertiary/aromatic N) is 3. The summed E-state index contributed by atoms with van der Waals surface area (Å²) in [5.74, 6) is -0.862. The van der Waals surface area contributed by atoms with Crippen LogP contribution in [0.5, 0.6) is 0 Å². The molecule has 0 spiro atoms. The van der Waals surface area contributed by atoms with E-state index in [2.05, 4.69) is 0 Å². The fourth-order valence-electron chi connectivity index (χ4n) is 3.33. The van der Waals surface area contributed by atoms with Crippen molar-refractivity contribution in [2.75, 3.05) is 0 Å². The van der Waals surface area contributed by atoms with E-state index >= 15 is 0 Å². The largest absolute Gasteiger partial charge is 0.397 e. The minimum atomic E-state index is -0.887. The third-order valence-electron chi connectivity index (χ3n) is 4.75. The number of benzene rings is 2. The number of aromatic nitrogens is 1. The first-order valence-corrected chi connectivity index (χ1v) is 9.55. The zero-order valence-electron chi connectivity index (χ0n) is 15.3. The summed E-state index contributed by atoms with van der Waals surface area (Å²) in [6, 6.07) is 14.1. The number of fused-ring (bicyclic) bond motifs is 1. The maximum Gasteiger partial charge on any atom is 0.269 e. The van der Waals surface area contributed by atoms with Gasteiger partial charge in [0.15, 0.2) is 0 Å². The highest BCUT2D eigenvalue weighted by molar-refractivity contribution is 7.07. The molecule has 1 aliphatic heterocycles. The molecule has 8 heteroatoms. The summed E-state index contributed by atoms with van der Waals surface area (Å²) in [4.78, 5) is 13.3. The van der Waals surface area contributed by atoms with Gasteiger partial charge in [-0.15, -0.1) is 11.3 Å². The molecule has 1 unspecified atom stereocenters. The van der Waals surface area contributed by atoms with Crippen LogP contribution in [-0.2, 0) is 0 Å². The first-order chi connectivity index (χ1) is 14.4. The molecule has 1 aromatic heterocycles. The summed E-state index contributed by atoms with van der Waals surface area (Å²) in [5.41, 5.74) is 6.83. The molecule has 0 fully saturated rings. The number of halogens is 2. The summed E-state index contributed by atoms with van der Waals surface area (Å²) < 4.78 is 28.6. The molecule has 0 saturated heterocycles. The topological polar surface area (TPSA) is 95.6 Å². The Kier molecular flexibility index (Phi) is 4.78. The molecule has 0 aliphatic carbocycles. The van der Waals surface area contributed by atoms with Crippen molar-refractivity contribution in [3.63, 3.8) is 0 Å². The van der Waals surface area contributed by atoms with Crippen molar-refractivity contribution in [1.29, 1.82) is 10.5 Å². The van der Waals surface area contributed by atoms with Crippen molar-refractivity contribution in [2.45, 2.75) is 6.04 Å². The number of rotatable bonds is 2. The second-order valence-corrected chi connectivity index (χ2v) is 7.55. The minimum absolute atomic E-state index is 0.0103. The van der Waals surface area contributed by atoms with Crippen LogP contribution in [-0.4, -0.2) is 4.57 Å². The number of thiazole rings is 1. The number of nitrogens with two attached hydrogens (primary N) is 1. The molecule has 1 aliphatic rings. The molecule has 5 nitrogen and oxygen atoms in total. The molecule has 0 amide bonds. The fraction of sp³-hybridized carbons (Fsp3) is 0.0455. The maximum absolute atomic E-state index is 13.4. The van der Waals surface area contributed by atoms with Crippen LogP contribution >= 0.6 is 11.3 Å². The molecular weight excluding hydrogens is 406 g/mol. The lowest BCUT2D eigenvalue weighted by Gasteiger charge is -2.23. The van der Waals surface area contributed by atoms with Gasteiger partial charge in [-0.05, 0) is 41.5 Å². The van der Waals surface area contributed by atoms with Gasteiger partial charge in [-0.3, -0.25) is 9.36 Å². The summed E-state index contributed by atoms with van der Waals surface area (Å²) in [6.45, 7) is 0. The van der Waals surface area contributed by atoms with Gasteiger partial charge in [-0.25, -0.2) is 8.78 Å². The average molecular weight is 418 g/mol. The van der Waals surface area contributed by atoms with Crippen molar-refractivity contribution in [3.05, 3.63) is 102 Å². The molecule has 146 valence electrons. The van der Waals surface area contributed by atoms with Crippen LogP contribution in [0.4, 0.5) is 8.78 Å².